The minimum atomic E-state index is -1.25. The van der Waals surface area contributed by atoms with Crippen LogP contribution >= 0.6 is 0 Å². The summed E-state index contributed by atoms with van der Waals surface area (Å²) in [6, 6.07) is 5.88. The van der Waals surface area contributed by atoms with Gasteiger partial charge in [-0.15, -0.1) is 0 Å². The van der Waals surface area contributed by atoms with Crippen molar-refractivity contribution in [2.75, 3.05) is 0 Å². The zero-order valence-corrected chi connectivity index (χ0v) is 10.5. The highest BCUT2D eigenvalue weighted by molar-refractivity contribution is 5.37. The first kappa shape index (κ1) is 13.6. The molecule has 0 aliphatic carbocycles. The summed E-state index contributed by atoms with van der Waals surface area (Å²) in [5, 5.41) is 10.1. The van der Waals surface area contributed by atoms with Crippen molar-refractivity contribution in [3.05, 3.63) is 70.0 Å². The lowest BCUT2D eigenvalue weighted by Gasteiger charge is -2.14. The van der Waals surface area contributed by atoms with E-state index in [-0.39, 0.29) is 11.4 Å². The number of rotatable bonds is 2. The molecule has 0 aliphatic heterocycles. The SMILES string of the molecule is Cc1cc(C(O)c2ccc(F)cc2F)cc(C)c1F. The summed E-state index contributed by atoms with van der Waals surface area (Å²) in [4.78, 5) is 0. The molecule has 0 saturated heterocycles. The monoisotopic (exact) mass is 266 g/mol. The normalized spacial score (nSPS) is 12.5. The van der Waals surface area contributed by atoms with Gasteiger partial charge >= 0.3 is 0 Å². The van der Waals surface area contributed by atoms with Crippen molar-refractivity contribution in [2.24, 2.45) is 0 Å². The predicted molar refractivity (Wildman–Crippen MR) is 66.3 cm³/mol. The molecule has 0 saturated carbocycles. The Labute approximate surface area is 109 Å². The Kier molecular flexibility index (Phi) is 3.62. The van der Waals surface area contributed by atoms with Gasteiger partial charge in [0.2, 0.25) is 0 Å². The quantitative estimate of drug-likeness (QED) is 0.876. The van der Waals surface area contributed by atoms with E-state index in [1.54, 1.807) is 13.8 Å². The number of hydrogen-bond acceptors (Lipinski definition) is 1. The second-order valence-electron chi connectivity index (χ2n) is 4.54. The van der Waals surface area contributed by atoms with E-state index < -0.39 is 17.7 Å². The fraction of sp³-hybridized carbons (Fsp3) is 0.200. The van der Waals surface area contributed by atoms with Gasteiger partial charge in [-0.2, -0.15) is 0 Å². The molecule has 2 aromatic rings. The maximum absolute atomic E-state index is 13.6. The van der Waals surface area contributed by atoms with E-state index in [1.165, 1.54) is 18.2 Å². The van der Waals surface area contributed by atoms with Gasteiger partial charge in [0.25, 0.3) is 0 Å². The molecule has 0 heterocycles. The van der Waals surface area contributed by atoms with Crippen LogP contribution in [0.1, 0.15) is 28.4 Å². The van der Waals surface area contributed by atoms with Crippen molar-refractivity contribution in [3.63, 3.8) is 0 Å². The second-order valence-corrected chi connectivity index (χ2v) is 4.54. The van der Waals surface area contributed by atoms with Crippen LogP contribution in [0.3, 0.4) is 0 Å². The average molecular weight is 266 g/mol. The van der Waals surface area contributed by atoms with Crippen LogP contribution in [-0.4, -0.2) is 5.11 Å². The highest BCUT2D eigenvalue weighted by Crippen LogP contribution is 2.27. The third-order valence-corrected chi connectivity index (χ3v) is 3.03. The third kappa shape index (κ3) is 2.63. The molecule has 0 aromatic heterocycles. The number of hydrogen-bond donors (Lipinski definition) is 1. The van der Waals surface area contributed by atoms with E-state index in [1.807, 2.05) is 0 Å². The Morgan fingerprint density at radius 3 is 2.05 bits per heavy atom. The molecule has 0 amide bonds. The number of aliphatic hydroxyl groups is 1. The lowest BCUT2D eigenvalue weighted by Crippen LogP contribution is -2.05. The van der Waals surface area contributed by atoms with Crippen molar-refractivity contribution in [3.8, 4) is 0 Å². The molecule has 100 valence electrons. The highest BCUT2D eigenvalue weighted by Gasteiger charge is 2.17. The molecule has 1 unspecified atom stereocenters. The van der Waals surface area contributed by atoms with Crippen LogP contribution in [0.2, 0.25) is 0 Å². The Balaban J connectivity index is 2.47. The van der Waals surface area contributed by atoms with E-state index in [4.69, 9.17) is 0 Å². The van der Waals surface area contributed by atoms with Crippen molar-refractivity contribution in [1.82, 2.24) is 0 Å². The molecule has 4 heteroatoms. The summed E-state index contributed by atoms with van der Waals surface area (Å²) in [6.45, 7) is 3.14. The van der Waals surface area contributed by atoms with E-state index in [2.05, 4.69) is 0 Å². The molecule has 1 atom stereocenters. The van der Waals surface area contributed by atoms with Crippen molar-refractivity contribution >= 4 is 0 Å². The van der Waals surface area contributed by atoms with E-state index in [0.29, 0.717) is 22.8 Å². The highest BCUT2D eigenvalue weighted by atomic mass is 19.1. The zero-order valence-electron chi connectivity index (χ0n) is 10.5. The fourth-order valence-corrected chi connectivity index (χ4v) is 2.04. The minimum Gasteiger partial charge on any atom is -0.384 e. The molecule has 2 rings (SSSR count). The first-order valence-corrected chi connectivity index (χ1v) is 5.80. The molecule has 1 N–H and O–H groups in total. The Morgan fingerprint density at radius 2 is 1.53 bits per heavy atom. The third-order valence-electron chi connectivity index (χ3n) is 3.03. The van der Waals surface area contributed by atoms with Crippen LogP contribution in [0.25, 0.3) is 0 Å². The summed E-state index contributed by atoms with van der Waals surface area (Å²) < 4.78 is 39.9. The molecule has 0 radical (unpaired) electrons. The molecular formula is C15H13F3O. The van der Waals surface area contributed by atoms with Crippen molar-refractivity contribution in [1.29, 1.82) is 0 Å². The van der Waals surface area contributed by atoms with Gasteiger partial charge in [0.15, 0.2) is 0 Å². The average Bonchev–Trinajstić information content (AvgIpc) is 2.34. The molecule has 19 heavy (non-hydrogen) atoms. The topological polar surface area (TPSA) is 20.2 Å². The van der Waals surface area contributed by atoms with E-state index in [0.717, 1.165) is 6.07 Å². The van der Waals surface area contributed by atoms with Crippen LogP contribution < -0.4 is 0 Å². The lowest BCUT2D eigenvalue weighted by molar-refractivity contribution is 0.214. The van der Waals surface area contributed by atoms with Crippen LogP contribution in [0, 0.1) is 31.3 Å². The molecular weight excluding hydrogens is 253 g/mol. The van der Waals surface area contributed by atoms with E-state index >= 15 is 0 Å². The van der Waals surface area contributed by atoms with Gasteiger partial charge in [-0.3, -0.25) is 0 Å². The maximum Gasteiger partial charge on any atom is 0.132 e. The molecule has 0 aliphatic rings. The number of benzene rings is 2. The molecule has 0 bridgehead atoms. The van der Waals surface area contributed by atoms with Gasteiger partial charge < -0.3 is 5.11 Å². The summed E-state index contributed by atoms with van der Waals surface area (Å²) in [5.74, 6) is -1.89. The second kappa shape index (κ2) is 5.05. The van der Waals surface area contributed by atoms with Crippen molar-refractivity contribution in [2.45, 2.75) is 20.0 Å². The Morgan fingerprint density at radius 1 is 0.947 bits per heavy atom. The Hall–Kier alpha value is -1.81. The molecule has 0 fully saturated rings. The summed E-state index contributed by atoms with van der Waals surface area (Å²) in [6.07, 6.45) is -1.25. The maximum atomic E-state index is 13.6. The van der Waals surface area contributed by atoms with Crippen LogP contribution in [0.5, 0.6) is 0 Å². The summed E-state index contributed by atoms with van der Waals surface area (Å²) in [5.41, 5.74) is 1.09. The molecule has 1 nitrogen and oxygen atoms in total. The number of aliphatic hydroxyl groups excluding tert-OH is 1. The summed E-state index contributed by atoms with van der Waals surface area (Å²) >= 11 is 0. The van der Waals surface area contributed by atoms with Gasteiger partial charge in [0.05, 0.1) is 0 Å². The molecule has 0 spiro atoms. The first-order valence-electron chi connectivity index (χ1n) is 5.80. The van der Waals surface area contributed by atoms with E-state index in [9.17, 15) is 18.3 Å². The number of halogens is 3. The van der Waals surface area contributed by atoms with Crippen molar-refractivity contribution < 1.29 is 18.3 Å². The summed E-state index contributed by atoms with van der Waals surface area (Å²) in [7, 11) is 0. The van der Waals surface area contributed by atoms with Gasteiger partial charge in [-0.25, -0.2) is 13.2 Å². The zero-order chi connectivity index (χ0) is 14.2. The van der Waals surface area contributed by atoms with Crippen LogP contribution in [0.4, 0.5) is 13.2 Å². The largest absolute Gasteiger partial charge is 0.384 e. The fourth-order valence-electron chi connectivity index (χ4n) is 2.04. The number of aryl methyl sites for hydroxylation is 2. The lowest BCUT2D eigenvalue weighted by atomic mass is 9.97. The smallest absolute Gasteiger partial charge is 0.132 e. The van der Waals surface area contributed by atoms with Gasteiger partial charge in [-0.05, 0) is 36.6 Å². The Bertz CT molecular complexity index is 600. The van der Waals surface area contributed by atoms with Gasteiger partial charge in [0, 0.05) is 11.6 Å². The minimum absolute atomic E-state index is 0.0354. The predicted octanol–water partition coefficient (Wildman–Crippen LogP) is 3.80. The standard InChI is InChI=1S/C15H13F3O/c1-8-5-10(6-9(2)14(8)18)15(19)12-4-3-11(16)7-13(12)17/h3-7,15,19H,1-2H3. The van der Waals surface area contributed by atoms with Gasteiger partial charge in [-0.1, -0.05) is 18.2 Å². The van der Waals surface area contributed by atoms with Crippen LogP contribution in [-0.2, 0) is 0 Å². The van der Waals surface area contributed by atoms with Crippen LogP contribution in [0.15, 0.2) is 30.3 Å². The first-order chi connectivity index (χ1) is 8.90. The van der Waals surface area contributed by atoms with Gasteiger partial charge in [0.1, 0.15) is 23.6 Å². The molecule has 2 aromatic carbocycles.